The van der Waals surface area contributed by atoms with E-state index in [1.807, 2.05) is 30.3 Å². The lowest BCUT2D eigenvalue weighted by Crippen LogP contribution is -2.64. The van der Waals surface area contributed by atoms with Crippen molar-refractivity contribution in [2.45, 2.75) is 57.3 Å². The summed E-state index contributed by atoms with van der Waals surface area (Å²) in [4.78, 5) is 13.6. The number of likely N-dealkylation sites (tertiary alicyclic amines) is 1. The molecular weight excluding hydrogens is 326 g/mol. The summed E-state index contributed by atoms with van der Waals surface area (Å²) in [6.45, 7) is 5.39. The van der Waals surface area contributed by atoms with Crippen LogP contribution in [0.1, 0.15) is 26.3 Å². The van der Waals surface area contributed by atoms with Crippen molar-refractivity contribution >= 4 is 6.09 Å². The topological polar surface area (TPSA) is 99.5 Å². The van der Waals surface area contributed by atoms with Crippen LogP contribution in [0.2, 0.25) is 0 Å². The van der Waals surface area contributed by atoms with Crippen LogP contribution in [0.15, 0.2) is 30.3 Å². The molecule has 4 atom stereocenters. The fourth-order valence-electron chi connectivity index (χ4n) is 2.68. The number of carbonyl (C=O) groups is 1. The molecule has 2 rings (SSSR count). The Morgan fingerprint density at radius 3 is 2.40 bits per heavy atom. The van der Waals surface area contributed by atoms with Gasteiger partial charge in [-0.2, -0.15) is 0 Å². The smallest absolute Gasteiger partial charge is 0.410 e. The van der Waals surface area contributed by atoms with Crippen LogP contribution in [0.5, 0.6) is 0 Å². The molecule has 1 fully saturated rings. The number of amides is 1. The molecule has 140 valence electrons. The number of piperidine rings is 1. The second-order valence-corrected chi connectivity index (χ2v) is 7.25. The van der Waals surface area contributed by atoms with Crippen LogP contribution in [0.4, 0.5) is 4.79 Å². The highest BCUT2D eigenvalue weighted by Gasteiger charge is 2.44. The van der Waals surface area contributed by atoms with Crippen LogP contribution in [-0.2, 0) is 16.1 Å². The number of benzene rings is 1. The number of aliphatic hydroxyl groups excluding tert-OH is 3. The Morgan fingerprint density at radius 1 is 1.16 bits per heavy atom. The van der Waals surface area contributed by atoms with Gasteiger partial charge in [-0.15, -0.1) is 0 Å². The summed E-state index contributed by atoms with van der Waals surface area (Å²) in [6, 6.07) is 8.68. The normalized spacial score (nSPS) is 27.2. The summed E-state index contributed by atoms with van der Waals surface area (Å²) in [7, 11) is 0. The first-order valence-electron chi connectivity index (χ1n) is 8.34. The monoisotopic (exact) mass is 353 g/mol. The third-order valence-electron chi connectivity index (χ3n) is 3.95. The largest absolute Gasteiger partial charge is 0.444 e. The van der Waals surface area contributed by atoms with Crippen molar-refractivity contribution < 1.29 is 29.6 Å². The van der Waals surface area contributed by atoms with Crippen LogP contribution in [0.25, 0.3) is 0 Å². The fourth-order valence-corrected chi connectivity index (χ4v) is 2.68. The Bertz CT molecular complexity index is 558. The fraction of sp³-hybridized carbons (Fsp3) is 0.611. The van der Waals surface area contributed by atoms with Crippen molar-refractivity contribution in [2.75, 3.05) is 13.2 Å². The molecule has 7 nitrogen and oxygen atoms in total. The molecule has 0 saturated carbocycles. The van der Waals surface area contributed by atoms with E-state index in [1.54, 1.807) is 20.8 Å². The summed E-state index contributed by atoms with van der Waals surface area (Å²) in [5, 5.41) is 30.1. The molecule has 7 heteroatoms. The predicted molar refractivity (Wildman–Crippen MR) is 90.8 cm³/mol. The average molecular weight is 353 g/mol. The minimum atomic E-state index is -1.34. The van der Waals surface area contributed by atoms with Gasteiger partial charge in [-0.05, 0) is 26.3 Å². The summed E-state index contributed by atoms with van der Waals surface area (Å²) in [6.07, 6.45) is -4.57. The zero-order valence-electron chi connectivity index (χ0n) is 14.8. The van der Waals surface area contributed by atoms with Crippen molar-refractivity contribution in [3.8, 4) is 0 Å². The second kappa shape index (κ2) is 8.14. The molecule has 0 bridgehead atoms. The maximum Gasteiger partial charge on any atom is 0.410 e. The third kappa shape index (κ3) is 5.40. The molecule has 0 aromatic heterocycles. The Hall–Kier alpha value is -1.67. The minimum Gasteiger partial charge on any atom is -0.444 e. The molecule has 25 heavy (non-hydrogen) atoms. The lowest BCUT2D eigenvalue weighted by Gasteiger charge is -2.43. The molecule has 3 N–H and O–H groups in total. The molecule has 1 aromatic carbocycles. The van der Waals surface area contributed by atoms with E-state index in [-0.39, 0.29) is 13.2 Å². The van der Waals surface area contributed by atoms with Gasteiger partial charge in [0.2, 0.25) is 0 Å². The van der Waals surface area contributed by atoms with Crippen LogP contribution in [0, 0.1) is 0 Å². The van der Waals surface area contributed by atoms with Gasteiger partial charge >= 0.3 is 6.09 Å². The van der Waals surface area contributed by atoms with Crippen LogP contribution in [-0.4, -0.2) is 69.4 Å². The molecule has 1 aliphatic heterocycles. The van der Waals surface area contributed by atoms with Crippen molar-refractivity contribution in [3.05, 3.63) is 35.9 Å². The zero-order chi connectivity index (χ0) is 18.6. The molecule has 1 heterocycles. The average Bonchev–Trinajstić information content (AvgIpc) is 2.54. The molecule has 1 saturated heterocycles. The lowest BCUT2D eigenvalue weighted by molar-refractivity contribution is -0.147. The number of hydrogen-bond acceptors (Lipinski definition) is 6. The number of hydrogen-bond donors (Lipinski definition) is 3. The van der Waals surface area contributed by atoms with Gasteiger partial charge in [-0.1, -0.05) is 30.3 Å². The Kier molecular flexibility index (Phi) is 6.40. The first-order valence-corrected chi connectivity index (χ1v) is 8.34. The zero-order valence-corrected chi connectivity index (χ0v) is 14.8. The summed E-state index contributed by atoms with van der Waals surface area (Å²) in [5.41, 5.74) is 0.246. The van der Waals surface area contributed by atoms with Gasteiger partial charge in [0.1, 0.15) is 23.9 Å². The highest BCUT2D eigenvalue weighted by Crippen LogP contribution is 2.22. The number of rotatable bonds is 4. The van der Waals surface area contributed by atoms with Gasteiger partial charge in [-0.25, -0.2) is 4.79 Å². The van der Waals surface area contributed by atoms with Crippen molar-refractivity contribution in [1.29, 1.82) is 0 Å². The van der Waals surface area contributed by atoms with E-state index in [0.717, 1.165) is 5.56 Å². The molecule has 0 aliphatic carbocycles. The van der Waals surface area contributed by atoms with Gasteiger partial charge < -0.3 is 24.8 Å². The third-order valence-corrected chi connectivity index (χ3v) is 3.95. The van der Waals surface area contributed by atoms with E-state index in [0.29, 0.717) is 6.61 Å². The number of ether oxygens (including phenoxy) is 2. The van der Waals surface area contributed by atoms with E-state index >= 15 is 0 Å². The van der Waals surface area contributed by atoms with Crippen LogP contribution >= 0.6 is 0 Å². The minimum absolute atomic E-state index is 0.0130. The van der Waals surface area contributed by atoms with Crippen molar-refractivity contribution in [1.82, 2.24) is 4.90 Å². The van der Waals surface area contributed by atoms with Crippen LogP contribution < -0.4 is 0 Å². The molecule has 0 radical (unpaired) electrons. The summed E-state index contributed by atoms with van der Waals surface area (Å²) < 4.78 is 11.0. The van der Waals surface area contributed by atoms with Gasteiger partial charge in [0, 0.05) is 0 Å². The Balaban J connectivity index is 2.04. The molecule has 0 spiro atoms. The van der Waals surface area contributed by atoms with Crippen molar-refractivity contribution in [2.24, 2.45) is 0 Å². The molecule has 1 aromatic rings. The van der Waals surface area contributed by atoms with Crippen molar-refractivity contribution in [3.63, 3.8) is 0 Å². The first-order chi connectivity index (χ1) is 11.7. The number of aliphatic hydroxyl groups is 3. The molecule has 1 amide bonds. The van der Waals surface area contributed by atoms with Gasteiger partial charge in [-0.3, -0.25) is 4.90 Å². The quantitative estimate of drug-likeness (QED) is 0.744. The second-order valence-electron chi connectivity index (χ2n) is 7.25. The Morgan fingerprint density at radius 2 is 1.80 bits per heavy atom. The Labute approximate surface area is 147 Å². The number of carbonyl (C=O) groups excluding carboxylic acids is 1. The SMILES string of the molecule is CC(C)(C)OC(=O)N1C[C@@H](O)[C@@H](O)[C@@H](O)[C@@H]1COCc1ccccc1. The summed E-state index contributed by atoms with van der Waals surface area (Å²) in [5.74, 6) is 0. The van der Waals surface area contributed by atoms with E-state index < -0.39 is 36.0 Å². The van der Waals surface area contributed by atoms with Gasteiger partial charge in [0.15, 0.2) is 0 Å². The maximum absolute atomic E-state index is 12.4. The van der Waals surface area contributed by atoms with E-state index in [4.69, 9.17) is 9.47 Å². The molecule has 1 aliphatic rings. The number of β-amino-alcohol motifs (C(OH)–C–C–N with tert-alkyl or cyclic N) is 1. The van der Waals surface area contributed by atoms with E-state index in [9.17, 15) is 20.1 Å². The summed E-state index contributed by atoms with van der Waals surface area (Å²) >= 11 is 0. The lowest BCUT2D eigenvalue weighted by atomic mass is 9.94. The predicted octanol–water partition coefficient (Wildman–Crippen LogP) is 0.905. The van der Waals surface area contributed by atoms with Crippen LogP contribution in [0.3, 0.4) is 0 Å². The highest BCUT2D eigenvalue weighted by atomic mass is 16.6. The standard InChI is InChI=1S/C18H27NO6/c1-18(2,3)25-17(23)19-9-14(20)16(22)15(21)13(19)11-24-10-12-7-5-4-6-8-12/h4-8,13-16,20-22H,9-11H2,1-3H3/t13-,14+,15-,16+/m0/s1. The van der Waals surface area contributed by atoms with E-state index in [1.165, 1.54) is 4.90 Å². The van der Waals surface area contributed by atoms with Gasteiger partial charge in [0.25, 0.3) is 0 Å². The maximum atomic E-state index is 12.4. The highest BCUT2D eigenvalue weighted by molar-refractivity contribution is 5.69. The van der Waals surface area contributed by atoms with Gasteiger partial charge in [0.05, 0.1) is 25.8 Å². The number of nitrogens with zero attached hydrogens (tertiary/aromatic N) is 1. The van der Waals surface area contributed by atoms with E-state index in [2.05, 4.69) is 0 Å². The molecule has 0 unspecified atom stereocenters. The molecular formula is C18H27NO6. The first kappa shape index (κ1) is 19.7.